The van der Waals surface area contributed by atoms with Crippen molar-refractivity contribution in [3.63, 3.8) is 0 Å². The van der Waals surface area contributed by atoms with Gasteiger partial charge in [-0.1, -0.05) is 23.8 Å². The Bertz CT molecular complexity index is 1020. The Morgan fingerprint density at radius 3 is 2.24 bits per heavy atom. The highest BCUT2D eigenvalue weighted by Gasteiger charge is 2.37. The molecule has 0 radical (unpaired) electrons. The maximum atomic E-state index is 13.4. The average Bonchev–Trinajstić information content (AvgIpc) is 3.42. The van der Waals surface area contributed by atoms with Crippen molar-refractivity contribution < 1.29 is 19.1 Å². The number of carbonyl (C=O) groups is 3. The number of rotatable bonds is 6. The fraction of sp³-hybridized carbons (Fsp3) is 0.444. The van der Waals surface area contributed by atoms with Gasteiger partial charge >= 0.3 is 0 Å². The minimum absolute atomic E-state index is 0.00414. The molecule has 34 heavy (non-hydrogen) atoms. The SMILES string of the molecule is COc1cccc(C(=O)N2CCC([C@H](NC(=O)c3ccc(C)cc3)C(=O)N3CCCC3)CC2)c1. The molecule has 7 heteroatoms. The maximum Gasteiger partial charge on any atom is 0.253 e. The molecule has 2 aliphatic heterocycles. The lowest BCUT2D eigenvalue weighted by atomic mass is 9.88. The number of hydrogen-bond donors (Lipinski definition) is 1. The lowest BCUT2D eigenvalue weighted by Crippen LogP contribution is -2.54. The minimum Gasteiger partial charge on any atom is -0.497 e. The van der Waals surface area contributed by atoms with Crippen LogP contribution in [0.25, 0.3) is 0 Å². The highest BCUT2D eigenvalue weighted by atomic mass is 16.5. The van der Waals surface area contributed by atoms with Crippen LogP contribution in [0.4, 0.5) is 0 Å². The number of amides is 3. The number of ether oxygens (including phenoxy) is 1. The van der Waals surface area contributed by atoms with Crippen LogP contribution < -0.4 is 10.1 Å². The molecule has 2 heterocycles. The van der Waals surface area contributed by atoms with Gasteiger partial charge in [-0.25, -0.2) is 0 Å². The van der Waals surface area contributed by atoms with Gasteiger partial charge in [0.1, 0.15) is 11.8 Å². The Kier molecular flexibility index (Phi) is 7.50. The van der Waals surface area contributed by atoms with Crippen molar-refractivity contribution in [3.05, 3.63) is 65.2 Å². The van der Waals surface area contributed by atoms with Crippen LogP contribution in [0.5, 0.6) is 5.75 Å². The number of nitrogens with zero attached hydrogens (tertiary/aromatic N) is 2. The summed E-state index contributed by atoms with van der Waals surface area (Å²) in [6.07, 6.45) is 3.32. The Morgan fingerprint density at radius 1 is 0.912 bits per heavy atom. The summed E-state index contributed by atoms with van der Waals surface area (Å²) in [7, 11) is 1.58. The normalized spacial score (nSPS) is 17.4. The van der Waals surface area contributed by atoms with E-state index in [1.807, 2.05) is 41.0 Å². The van der Waals surface area contributed by atoms with Crippen LogP contribution in [0, 0.1) is 12.8 Å². The standard InChI is InChI=1S/C27H33N3O4/c1-19-8-10-21(11-9-19)25(31)28-24(27(33)29-14-3-4-15-29)20-12-16-30(17-13-20)26(32)22-6-5-7-23(18-22)34-2/h5-11,18,20,24H,3-4,12-17H2,1-2H3,(H,28,31)/t24-/m0/s1. The quantitative estimate of drug-likeness (QED) is 0.713. The van der Waals surface area contributed by atoms with Gasteiger partial charge in [-0.2, -0.15) is 0 Å². The topological polar surface area (TPSA) is 79.0 Å². The van der Waals surface area contributed by atoms with Crippen molar-refractivity contribution in [3.8, 4) is 5.75 Å². The molecular weight excluding hydrogens is 430 g/mol. The van der Waals surface area contributed by atoms with Gasteiger partial charge in [0, 0.05) is 37.3 Å². The van der Waals surface area contributed by atoms with Gasteiger partial charge < -0.3 is 19.9 Å². The van der Waals surface area contributed by atoms with Crippen LogP contribution in [-0.2, 0) is 4.79 Å². The average molecular weight is 464 g/mol. The van der Waals surface area contributed by atoms with E-state index in [-0.39, 0.29) is 23.6 Å². The van der Waals surface area contributed by atoms with Gasteiger partial charge in [-0.05, 0) is 68.9 Å². The summed E-state index contributed by atoms with van der Waals surface area (Å²) in [5, 5.41) is 3.04. The third-order valence-electron chi connectivity index (χ3n) is 6.90. The highest BCUT2D eigenvalue weighted by Crippen LogP contribution is 2.25. The van der Waals surface area contributed by atoms with Gasteiger partial charge in [0.2, 0.25) is 5.91 Å². The first-order chi connectivity index (χ1) is 16.5. The molecule has 0 aromatic heterocycles. The Labute approximate surface area is 201 Å². The Morgan fingerprint density at radius 2 is 1.59 bits per heavy atom. The first-order valence-electron chi connectivity index (χ1n) is 12.1. The van der Waals surface area contributed by atoms with E-state index < -0.39 is 6.04 Å². The smallest absolute Gasteiger partial charge is 0.253 e. The zero-order valence-electron chi connectivity index (χ0n) is 20.0. The second-order valence-corrected chi connectivity index (χ2v) is 9.21. The molecule has 0 saturated carbocycles. The summed E-state index contributed by atoms with van der Waals surface area (Å²) < 4.78 is 5.24. The van der Waals surface area contributed by atoms with Crippen molar-refractivity contribution in [2.45, 2.75) is 38.6 Å². The van der Waals surface area contributed by atoms with E-state index in [0.29, 0.717) is 42.8 Å². The molecule has 180 valence electrons. The number of nitrogens with one attached hydrogen (secondary N) is 1. The van der Waals surface area contributed by atoms with Crippen LogP contribution in [0.3, 0.4) is 0 Å². The van der Waals surface area contributed by atoms with E-state index in [1.165, 1.54) is 0 Å². The molecule has 0 spiro atoms. The van der Waals surface area contributed by atoms with Gasteiger partial charge in [-0.3, -0.25) is 14.4 Å². The van der Waals surface area contributed by atoms with Crippen molar-refractivity contribution in [2.24, 2.45) is 5.92 Å². The number of benzene rings is 2. The van der Waals surface area contributed by atoms with Crippen LogP contribution in [0.15, 0.2) is 48.5 Å². The minimum atomic E-state index is -0.582. The van der Waals surface area contributed by atoms with Gasteiger partial charge in [0.25, 0.3) is 11.8 Å². The third kappa shape index (κ3) is 5.41. The number of hydrogen-bond acceptors (Lipinski definition) is 4. The van der Waals surface area contributed by atoms with E-state index in [1.54, 1.807) is 31.4 Å². The predicted molar refractivity (Wildman–Crippen MR) is 130 cm³/mol. The highest BCUT2D eigenvalue weighted by molar-refractivity contribution is 5.98. The maximum absolute atomic E-state index is 13.4. The molecule has 1 atom stereocenters. The summed E-state index contributed by atoms with van der Waals surface area (Å²) in [4.78, 5) is 43.1. The molecule has 2 fully saturated rings. The molecule has 4 rings (SSSR count). The fourth-order valence-corrected chi connectivity index (χ4v) is 4.82. The fourth-order valence-electron chi connectivity index (χ4n) is 4.82. The summed E-state index contributed by atoms with van der Waals surface area (Å²) in [5.41, 5.74) is 2.22. The number of carbonyl (C=O) groups excluding carboxylic acids is 3. The first-order valence-corrected chi connectivity index (χ1v) is 12.1. The monoisotopic (exact) mass is 463 g/mol. The number of piperidine rings is 1. The van der Waals surface area contributed by atoms with Gasteiger partial charge in [0.15, 0.2) is 0 Å². The lowest BCUT2D eigenvalue weighted by molar-refractivity contribution is -0.134. The molecule has 2 aromatic rings. The predicted octanol–water partition coefficient (Wildman–Crippen LogP) is 3.28. The Hall–Kier alpha value is -3.35. The molecule has 0 bridgehead atoms. The number of likely N-dealkylation sites (tertiary alicyclic amines) is 2. The van der Waals surface area contributed by atoms with E-state index in [2.05, 4.69) is 5.32 Å². The van der Waals surface area contributed by atoms with Crippen LogP contribution >= 0.6 is 0 Å². The van der Waals surface area contributed by atoms with Gasteiger partial charge in [-0.15, -0.1) is 0 Å². The zero-order valence-corrected chi connectivity index (χ0v) is 20.0. The van der Waals surface area contributed by atoms with Crippen molar-refractivity contribution in [1.82, 2.24) is 15.1 Å². The van der Waals surface area contributed by atoms with Crippen molar-refractivity contribution >= 4 is 17.7 Å². The molecule has 3 amide bonds. The van der Waals surface area contributed by atoms with E-state index in [4.69, 9.17) is 4.74 Å². The molecular formula is C27H33N3O4. The number of aryl methyl sites for hydroxylation is 1. The molecule has 2 aromatic carbocycles. The van der Waals surface area contributed by atoms with E-state index >= 15 is 0 Å². The van der Waals surface area contributed by atoms with Gasteiger partial charge in [0.05, 0.1) is 7.11 Å². The summed E-state index contributed by atoms with van der Waals surface area (Å²) >= 11 is 0. The van der Waals surface area contributed by atoms with E-state index in [0.717, 1.165) is 31.5 Å². The lowest BCUT2D eigenvalue weighted by Gasteiger charge is -2.37. The Balaban J connectivity index is 1.45. The van der Waals surface area contributed by atoms with Crippen molar-refractivity contribution in [1.29, 1.82) is 0 Å². The summed E-state index contributed by atoms with van der Waals surface area (Å²) in [6.45, 7) is 4.55. The molecule has 0 aliphatic carbocycles. The first kappa shape index (κ1) is 23.8. The molecule has 1 N–H and O–H groups in total. The molecule has 2 saturated heterocycles. The van der Waals surface area contributed by atoms with Crippen LogP contribution in [0.1, 0.15) is 52.0 Å². The zero-order chi connectivity index (χ0) is 24.1. The molecule has 7 nitrogen and oxygen atoms in total. The van der Waals surface area contributed by atoms with Crippen molar-refractivity contribution in [2.75, 3.05) is 33.3 Å². The third-order valence-corrected chi connectivity index (χ3v) is 6.90. The van der Waals surface area contributed by atoms with Crippen LogP contribution in [0.2, 0.25) is 0 Å². The van der Waals surface area contributed by atoms with E-state index in [9.17, 15) is 14.4 Å². The van der Waals surface area contributed by atoms with Crippen LogP contribution in [-0.4, -0.2) is 66.9 Å². The molecule has 2 aliphatic rings. The largest absolute Gasteiger partial charge is 0.497 e. The second-order valence-electron chi connectivity index (χ2n) is 9.21. The molecule has 0 unspecified atom stereocenters. The summed E-state index contributed by atoms with van der Waals surface area (Å²) in [6, 6.07) is 14.0. The summed E-state index contributed by atoms with van der Waals surface area (Å²) in [5.74, 6) is 0.360. The second kappa shape index (κ2) is 10.7. The number of methoxy groups -OCH3 is 1.